The van der Waals surface area contributed by atoms with Crippen LogP contribution in [0, 0.1) is 5.92 Å². The normalized spacial score (nSPS) is 21.0. The van der Waals surface area contributed by atoms with Crippen molar-refractivity contribution >= 4 is 27.1 Å². The molecule has 0 radical (unpaired) electrons. The summed E-state index contributed by atoms with van der Waals surface area (Å²) >= 11 is 1.61. The van der Waals surface area contributed by atoms with E-state index in [0.717, 1.165) is 11.1 Å². The fourth-order valence-corrected chi connectivity index (χ4v) is 5.19. The number of nitrogens with one attached hydrogen (secondary N) is 1. The third kappa shape index (κ3) is 4.17. The van der Waals surface area contributed by atoms with Gasteiger partial charge in [-0.3, -0.25) is 9.78 Å². The zero-order chi connectivity index (χ0) is 16.3. The maximum Gasteiger partial charge on any atom is 0.224 e. The second kappa shape index (κ2) is 6.80. The van der Waals surface area contributed by atoms with Gasteiger partial charge in [0.1, 0.15) is 0 Å². The van der Waals surface area contributed by atoms with Gasteiger partial charge < -0.3 is 5.32 Å². The van der Waals surface area contributed by atoms with E-state index in [9.17, 15) is 13.2 Å². The van der Waals surface area contributed by atoms with E-state index in [4.69, 9.17) is 0 Å². The SMILES string of the molecule is O=C(N[C@H](Cc1ccsc1)c1cccnc1)[C@H]1CCS(=O)(=O)C1. The molecule has 1 fully saturated rings. The molecule has 0 saturated carbocycles. The van der Waals surface area contributed by atoms with Gasteiger partial charge in [-0.15, -0.1) is 0 Å². The molecule has 0 spiro atoms. The molecule has 0 unspecified atom stereocenters. The van der Waals surface area contributed by atoms with Crippen molar-refractivity contribution in [1.29, 1.82) is 0 Å². The Morgan fingerprint density at radius 2 is 2.30 bits per heavy atom. The summed E-state index contributed by atoms with van der Waals surface area (Å²) in [4.78, 5) is 16.6. The molecule has 0 bridgehead atoms. The van der Waals surface area contributed by atoms with Crippen LogP contribution in [0.4, 0.5) is 0 Å². The Morgan fingerprint density at radius 3 is 2.91 bits per heavy atom. The predicted octanol–water partition coefficient (Wildman–Crippen LogP) is 1.98. The van der Waals surface area contributed by atoms with Crippen LogP contribution in [0.1, 0.15) is 23.6 Å². The molecule has 1 saturated heterocycles. The van der Waals surface area contributed by atoms with Crippen LogP contribution in [0.25, 0.3) is 0 Å². The molecule has 1 aliphatic rings. The maximum absolute atomic E-state index is 12.5. The lowest BCUT2D eigenvalue weighted by atomic mass is 10.0. The van der Waals surface area contributed by atoms with E-state index in [1.165, 1.54) is 0 Å². The highest BCUT2D eigenvalue weighted by atomic mass is 32.2. The number of hydrogen-bond donors (Lipinski definition) is 1. The van der Waals surface area contributed by atoms with Gasteiger partial charge in [0.15, 0.2) is 9.84 Å². The van der Waals surface area contributed by atoms with Gasteiger partial charge in [0.2, 0.25) is 5.91 Å². The molecule has 3 heterocycles. The molecule has 1 aliphatic heterocycles. The van der Waals surface area contributed by atoms with Crippen LogP contribution in [0.15, 0.2) is 41.4 Å². The van der Waals surface area contributed by atoms with Crippen LogP contribution in [-0.2, 0) is 21.1 Å². The van der Waals surface area contributed by atoms with Gasteiger partial charge in [-0.25, -0.2) is 8.42 Å². The van der Waals surface area contributed by atoms with Gasteiger partial charge in [0.25, 0.3) is 0 Å². The van der Waals surface area contributed by atoms with E-state index in [2.05, 4.69) is 15.7 Å². The molecule has 7 heteroatoms. The highest BCUT2D eigenvalue weighted by Crippen LogP contribution is 2.23. The second-order valence-corrected chi connectivity index (χ2v) is 8.79. The molecule has 122 valence electrons. The van der Waals surface area contributed by atoms with Crippen LogP contribution >= 0.6 is 11.3 Å². The average molecular weight is 350 g/mol. The Morgan fingerprint density at radius 1 is 1.43 bits per heavy atom. The third-order valence-electron chi connectivity index (χ3n) is 4.03. The fraction of sp³-hybridized carbons (Fsp3) is 0.375. The van der Waals surface area contributed by atoms with Gasteiger partial charge >= 0.3 is 0 Å². The van der Waals surface area contributed by atoms with E-state index < -0.39 is 15.8 Å². The number of aromatic nitrogens is 1. The van der Waals surface area contributed by atoms with Crippen molar-refractivity contribution in [2.24, 2.45) is 5.92 Å². The maximum atomic E-state index is 12.5. The minimum Gasteiger partial charge on any atom is -0.349 e. The monoisotopic (exact) mass is 350 g/mol. The summed E-state index contributed by atoms with van der Waals surface area (Å²) in [5.74, 6) is -0.568. The number of amides is 1. The number of rotatable bonds is 5. The van der Waals surface area contributed by atoms with Crippen molar-refractivity contribution in [2.45, 2.75) is 18.9 Å². The van der Waals surface area contributed by atoms with Crippen LogP contribution in [-0.4, -0.2) is 30.8 Å². The lowest BCUT2D eigenvalue weighted by Gasteiger charge is -2.20. The molecule has 2 atom stereocenters. The van der Waals surface area contributed by atoms with Crippen LogP contribution in [0.2, 0.25) is 0 Å². The Kier molecular flexibility index (Phi) is 4.77. The van der Waals surface area contributed by atoms with E-state index in [0.29, 0.717) is 12.8 Å². The largest absolute Gasteiger partial charge is 0.349 e. The number of sulfone groups is 1. The zero-order valence-electron chi connectivity index (χ0n) is 12.5. The highest BCUT2D eigenvalue weighted by Gasteiger charge is 2.33. The second-order valence-electron chi connectivity index (χ2n) is 5.78. The summed E-state index contributed by atoms with van der Waals surface area (Å²) in [6, 6.07) is 5.59. The minimum absolute atomic E-state index is 0.0446. The zero-order valence-corrected chi connectivity index (χ0v) is 14.1. The Balaban J connectivity index is 1.75. The Bertz CT molecular complexity index is 758. The van der Waals surface area contributed by atoms with Crippen molar-refractivity contribution < 1.29 is 13.2 Å². The summed E-state index contributed by atoms with van der Waals surface area (Å²) in [7, 11) is -3.06. The van der Waals surface area contributed by atoms with Crippen LogP contribution < -0.4 is 5.32 Å². The first-order valence-electron chi connectivity index (χ1n) is 7.45. The van der Waals surface area contributed by atoms with Gasteiger partial charge in [-0.2, -0.15) is 11.3 Å². The number of carbonyl (C=O) groups is 1. The van der Waals surface area contributed by atoms with E-state index in [1.54, 1.807) is 23.7 Å². The summed E-state index contributed by atoms with van der Waals surface area (Å²) in [5, 5.41) is 7.06. The van der Waals surface area contributed by atoms with Crippen molar-refractivity contribution in [2.75, 3.05) is 11.5 Å². The highest BCUT2D eigenvalue weighted by molar-refractivity contribution is 7.91. The molecule has 0 aliphatic carbocycles. The smallest absolute Gasteiger partial charge is 0.224 e. The summed E-state index contributed by atoms with van der Waals surface area (Å²) in [6.07, 6.45) is 4.51. The number of pyridine rings is 1. The first-order valence-corrected chi connectivity index (χ1v) is 10.2. The first kappa shape index (κ1) is 16.1. The molecular formula is C16H18N2O3S2. The molecule has 1 amide bonds. The van der Waals surface area contributed by atoms with Gasteiger partial charge in [-0.1, -0.05) is 6.07 Å². The predicted molar refractivity (Wildman–Crippen MR) is 89.9 cm³/mol. The lowest BCUT2D eigenvalue weighted by molar-refractivity contribution is -0.125. The van der Waals surface area contributed by atoms with E-state index >= 15 is 0 Å². The molecule has 1 N–H and O–H groups in total. The summed E-state index contributed by atoms with van der Waals surface area (Å²) in [6.45, 7) is 0. The number of thiophene rings is 1. The number of hydrogen-bond acceptors (Lipinski definition) is 5. The molecule has 3 rings (SSSR count). The van der Waals surface area contributed by atoms with Gasteiger partial charge in [-0.05, 0) is 46.9 Å². The quantitative estimate of drug-likeness (QED) is 0.894. The molecule has 2 aromatic heterocycles. The van der Waals surface area contributed by atoms with Crippen molar-refractivity contribution in [3.05, 3.63) is 52.5 Å². The molecular weight excluding hydrogens is 332 g/mol. The van der Waals surface area contributed by atoms with Gasteiger partial charge in [0, 0.05) is 12.4 Å². The standard InChI is InChI=1S/C16H18N2O3S2/c19-16(14-4-7-23(20,21)11-14)18-15(8-12-3-6-22-10-12)13-2-1-5-17-9-13/h1-3,5-6,9-10,14-15H,4,7-8,11H2,(H,18,19)/t14-,15+/m0/s1. The number of carbonyl (C=O) groups excluding carboxylic acids is 1. The Hall–Kier alpha value is -1.73. The van der Waals surface area contributed by atoms with Crippen molar-refractivity contribution in [1.82, 2.24) is 10.3 Å². The average Bonchev–Trinajstić information content (AvgIpc) is 3.16. The lowest BCUT2D eigenvalue weighted by Crippen LogP contribution is -2.35. The van der Waals surface area contributed by atoms with Crippen molar-refractivity contribution in [3.63, 3.8) is 0 Å². The fourth-order valence-electron chi connectivity index (χ4n) is 2.77. The van der Waals surface area contributed by atoms with Crippen LogP contribution in [0.5, 0.6) is 0 Å². The first-order chi connectivity index (χ1) is 11.0. The topological polar surface area (TPSA) is 76.1 Å². The summed E-state index contributed by atoms with van der Waals surface area (Å²) < 4.78 is 23.1. The molecule has 0 aromatic carbocycles. The third-order valence-corrected chi connectivity index (χ3v) is 6.53. The van der Waals surface area contributed by atoms with Crippen molar-refractivity contribution in [3.8, 4) is 0 Å². The number of nitrogens with zero attached hydrogens (tertiary/aromatic N) is 1. The molecule has 23 heavy (non-hydrogen) atoms. The van der Waals surface area contributed by atoms with Gasteiger partial charge in [0.05, 0.1) is 23.5 Å². The van der Waals surface area contributed by atoms with Crippen LogP contribution in [0.3, 0.4) is 0 Å². The Labute approximate surface area is 139 Å². The minimum atomic E-state index is -3.06. The van der Waals surface area contributed by atoms with E-state index in [-0.39, 0.29) is 23.5 Å². The van der Waals surface area contributed by atoms with E-state index in [1.807, 2.05) is 23.6 Å². The summed E-state index contributed by atoms with van der Waals surface area (Å²) in [5.41, 5.74) is 2.07. The molecule has 2 aromatic rings. The molecule has 5 nitrogen and oxygen atoms in total.